The molecule has 2 aliphatic rings. The van der Waals surface area contributed by atoms with Crippen molar-refractivity contribution in [1.82, 2.24) is 0 Å². The Labute approximate surface area is 83.9 Å². The lowest BCUT2D eigenvalue weighted by atomic mass is 9.94. The van der Waals surface area contributed by atoms with Crippen molar-refractivity contribution in [3.63, 3.8) is 0 Å². The third-order valence-corrected chi connectivity index (χ3v) is 2.98. The number of alkyl halides is 1. The highest BCUT2D eigenvalue weighted by Crippen LogP contribution is 2.28. The minimum atomic E-state index is -0.00583. The van der Waals surface area contributed by atoms with Gasteiger partial charge in [-0.15, -0.1) is 11.6 Å². The minimum absolute atomic E-state index is 0.00583. The summed E-state index contributed by atoms with van der Waals surface area (Å²) in [5.41, 5.74) is 0. The maximum Gasteiger partial charge on any atom is 0.161 e. The quantitative estimate of drug-likeness (QED) is 0.506. The first kappa shape index (κ1) is 9.50. The molecule has 3 heteroatoms. The number of hydrogen-bond donors (Lipinski definition) is 0. The lowest BCUT2D eigenvalue weighted by molar-refractivity contribution is -0.0955. The fraction of sp³-hybridized carbons (Fsp3) is 0.800. The third-order valence-electron chi connectivity index (χ3n) is 2.64. The van der Waals surface area contributed by atoms with Crippen molar-refractivity contribution in [3.05, 3.63) is 12.2 Å². The zero-order chi connectivity index (χ0) is 9.10. The zero-order valence-electron chi connectivity index (χ0n) is 7.62. The van der Waals surface area contributed by atoms with Crippen LogP contribution in [0.4, 0.5) is 0 Å². The van der Waals surface area contributed by atoms with Crippen LogP contribution in [0.5, 0.6) is 0 Å². The smallest absolute Gasteiger partial charge is 0.161 e. The second-order valence-corrected chi connectivity index (χ2v) is 3.97. The van der Waals surface area contributed by atoms with Crippen LogP contribution in [-0.4, -0.2) is 24.9 Å². The maximum absolute atomic E-state index is 5.69. The van der Waals surface area contributed by atoms with Gasteiger partial charge < -0.3 is 9.47 Å². The van der Waals surface area contributed by atoms with E-state index in [1.165, 1.54) is 6.42 Å². The summed E-state index contributed by atoms with van der Waals surface area (Å²) in [5.74, 6) is 1.08. The first-order valence-corrected chi connectivity index (χ1v) is 5.41. The number of hydrogen-bond acceptors (Lipinski definition) is 2. The van der Waals surface area contributed by atoms with Crippen LogP contribution in [0, 0.1) is 5.92 Å². The summed E-state index contributed by atoms with van der Waals surface area (Å²) in [5, 5.41) is 0. The summed E-state index contributed by atoms with van der Waals surface area (Å²) in [6, 6.07) is 0. The zero-order valence-corrected chi connectivity index (χ0v) is 8.37. The summed E-state index contributed by atoms with van der Waals surface area (Å²) < 4.78 is 11.2. The number of ether oxygens (including phenoxy) is 2. The molecular weight excluding hydrogens is 188 g/mol. The highest BCUT2D eigenvalue weighted by atomic mass is 35.5. The second-order valence-electron chi connectivity index (χ2n) is 3.66. The Morgan fingerprint density at radius 2 is 2.31 bits per heavy atom. The summed E-state index contributed by atoms with van der Waals surface area (Å²) >= 11 is 5.69. The molecule has 1 aliphatic carbocycles. The molecule has 1 aliphatic heterocycles. The first-order chi connectivity index (χ1) is 6.40. The van der Waals surface area contributed by atoms with Crippen molar-refractivity contribution in [3.8, 4) is 0 Å². The van der Waals surface area contributed by atoms with Crippen LogP contribution in [0.3, 0.4) is 0 Å². The molecule has 74 valence electrons. The average Bonchev–Trinajstić information content (AvgIpc) is 2.67. The number of rotatable bonds is 2. The molecule has 1 heterocycles. The van der Waals surface area contributed by atoms with E-state index in [1.54, 1.807) is 0 Å². The van der Waals surface area contributed by atoms with Crippen molar-refractivity contribution < 1.29 is 9.47 Å². The number of allylic oxidation sites excluding steroid dienone is 2. The van der Waals surface area contributed by atoms with Crippen molar-refractivity contribution in [2.75, 3.05) is 12.5 Å². The third kappa shape index (κ3) is 2.25. The Morgan fingerprint density at radius 1 is 1.38 bits per heavy atom. The van der Waals surface area contributed by atoms with Crippen molar-refractivity contribution in [2.24, 2.45) is 5.92 Å². The number of halogens is 1. The molecular formula is C10H15ClO2. The van der Waals surface area contributed by atoms with Crippen LogP contribution in [0.25, 0.3) is 0 Å². The van der Waals surface area contributed by atoms with Gasteiger partial charge in [-0.25, -0.2) is 0 Å². The van der Waals surface area contributed by atoms with Gasteiger partial charge in [-0.05, 0) is 19.3 Å². The summed E-state index contributed by atoms with van der Waals surface area (Å²) in [4.78, 5) is 0. The van der Waals surface area contributed by atoms with Gasteiger partial charge in [0.1, 0.15) is 0 Å². The van der Waals surface area contributed by atoms with Gasteiger partial charge >= 0.3 is 0 Å². The largest absolute Gasteiger partial charge is 0.350 e. The van der Waals surface area contributed by atoms with Crippen LogP contribution in [-0.2, 0) is 9.47 Å². The molecule has 1 fully saturated rings. The van der Waals surface area contributed by atoms with Gasteiger partial charge in [0.15, 0.2) is 6.29 Å². The average molecular weight is 203 g/mol. The molecule has 0 N–H and O–H groups in total. The van der Waals surface area contributed by atoms with E-state index in [4.69, 9.17) is 21.1 Å². The van der Waals surface area contributed by atoms with E-state index in [0.717, 1.165) is 12.8 Å². The molecule has 0 spiro atoms. The SMILES string of the molecule is ClC[C@H]1CO[C@H]([C@@H]2CC=CCC2)O1. The van der Waals surface area contributed by atoms with Crippen LogP contribution in [0.15, 0.2) is 12.2 Å². The summed E-state index contributed by atoms with van der Waals surface area (Å²) in [7, 11) is 0. The fourth-order valence-corrected chi connectivity index (χ4v) is 2.02. The predicted molar refractivity (Wildman–Crippen MR) is 51.8 cm³/mol. The lowest BCUT2D eigenvalue weighted by Gasteiger charge is -2.23. The maximum atomic E-state index is 5.69. The molecule has 13 heavy (non-hydrogen) atoms. The molecule has 0 amide bonds. The molecule has 2 rings (SSSR count). The van der Waals surface area contributed by atoms with Gasteiger partial charge in [-0.3, -0.25) is 0 Å². The Balaban J connectivity index is 1.84. The molecule has 1 saturated heterocycles. The molecule has 0 unspecified atom stereocenters. The fourth-order valence-electron chi connectivity index (χ4n) is 1.86. The van der Waals surface area contributed by atoms with E-state index < -0.39 is 0 Å². The Bertz CT molecular complexity index is 193. The van der Waals surface area contributed by atoms with Gasteiger partial charge in [0.05, 0.1) is 18.6 Å². The molecule has 0 bridgehead atoms. The van der Waals surface area contributed by atoms with Gasteiger partial charge in [0.2, 0.25) is 0 Å². The van der Waals surface area contributed by atoms with E-state index >= 15 is 0 Å². The summed E-state index contributed by atoms with van der Waals surface area (Å²) in [6.45, 7) is 0.661. The normalized spacial score (nSPS) is 39.6. The lowest BCUT2D eigenvalue weighted by Crippen LogP contribution is -2.23. The molecule has 0 aromatic rings. The van der Waals surface area contributed by atoms with E-state index in [2.05, 4.69) is 12.2 Å². The van der Waals surface area contributed by atoms with Crippen LogP contribution in [0.1, 0.15) is 19.3 Å². The van der Waals surface area contributed by atoms with E-state index in [9.17, 15) is 0 Å². The molecule has 2 nitrogen and oxygen atoms in total. The minimum Gasteiger partial charge on any atom is -0.350 e. The van der Waals surface area contributed by atoms with Crippen LogP contribution >= 0.6 is 11.6 Å². The van der Waals surface area contributed by atoms with Crippen LogP contribution in [0.2, 0.25) is 0 Å². The monoisotopic (exact) mass is 202 g/mol. The van der Waals surface area contributed by atoms with Gasteiger partial charge in [0.25, 0.3) is 0 Å². The van der Waals surface area contributed by atoms with Gasteiger partial charge in [0, 0.05) is 5.92 Å². The van der Waals surface area contributed by atoms with E-state index in [0.29, 0.717) is 18.4 Å². The van der Waals surface area contributed by atoms with Crippen LogP contribution < -0.4 is 0 Å². The van der Waals surface area contributed by atoms with E-state index in [-0.39, 0.29) is 12.4 Å². The molecule has 0 aromatic carbocycles. The van der Waals surface area contributed by atoms with Crippen molar-refractivity contribution in [1.29, 1.82) is 0 Å². The predicted octanol–water partition coefficient (Wildman–Crippen LogP) is 2.32. The van der Waals surface area contributed by atoms with Crippen molar-refractivity contribution >= 4 is 11.6 Å². The Kier molecular flexibility index (Phi) is 3.25. The van der Waals surface area contributed by atoms with E-state index in [1.807, 2.05) is 0 Å². The molecule has 0 aromatic heterocycles. The Morgan fingerprint density at radius 3 is 2.92 bits per heavy atom. The standard InChI is InChI=1S/C10H15ClO2/c11-6-9-7-12-10(13-9)8-4-2-1-3-5-8/h1-2,8-10H,3-7H2/t8-,9+,10+/m1/s1. The highest BCUT2D eigenvalue weighted by molar-refractivity contribution is 6.18. The van der Waals surface area contributed by atoms with Crippen molar-refractivity contribution in [2.45, 2.75) is 31.7 Å². The highest BCUT2D eigenvalue weighted by Gasteiger charge is 2.31. The van der Waals surface area contributed by atoms with Gasteiger partial charge in [-0.2, -0.15) is 0 Å². The Hall–Kier alpha value is -0.0500. The van der Waals surface area contributed by atoms with Gasteiger partial charge in [-0.1, -0.05) is 12.2 Å². The molecule has 0 saturated carbocycles. The summed E-state index contributed by atoms with van der Waals surface area (Å²) in [6.07, 6.45) is 7.96. The first-order valence-electron chi connectivity index (χ1n) is 4.88. The second kappa shape index (κ2) is 4.45. The molecule has 3 atom stereocenters. The molecule has 0 radical (unpaired) electrons. The topological polar surface area (TPSA) is 18.5 Å².